The van der Waals surface area contributed by atoms with Crippen molar-refractivity contribution in [3.8, 4) is 0 Å². The highest BCUT2D eigenvalue weighted by atomic mass is 32.1. The molecule has 1 rings (SSSR count). The zero-order valence-electron chi connectivity index (χ0n) is 8.14. The summed E-state index contributed by atoms with van der Waals surface area (Å²) in [6, 6.07) is 0. The predicted molar refractivity (Wildman–Crippen MR) is 53.7 cm³/mol. The minimum Gasteiger partial charge on any atom is -0.330 e. The molecular weight excluding hydrogens is 168 g/mol. The third-order valence-electron chi connectivity index (χ3n) is 2.12. The Morgan fingerprint density at radius 3 is 2.33 bits per heavy atom. The molecule has 2 nitrogen and oxygen atoms in total. The largest absolute Gasteiger partial charge is 0.330 e. The lowest BCUT2D eigenvalue weighted by molar-refractivity contribution is 0.534. The van der Waals surface area contributed by atoms with Crippen LogP contribution in [0.4, 0.5) is 0 Å². The Bertz CT molecular complexity index is 257. The van der Waals surface area contributed by atoms with Crippen molar-refractivity contribution in [2.45, 2.75) is 33.1 Å². The normalized spacial score (nSPS) is 12.1. The fourth-order valence-corrected chi connectivity index (χ4v) is 1.88. The standard InChI is InChI=1S/C9H16N2S/c1-6-7(2)12-8(11-6)9(3,4)5-10/h5,10H2,1-4H3. The molecule has 0 amide bonds. The van der Waals surface area contributed by atoms with Crippen molar-refractivity contribution in [2.24, 2.45) is 5.73 Å². The number of nitrogens with zero attached hydrogens (tertiary/aromatic N) is 1. The summed E-state index contributed by atoms with van der Waals surface area (Å²) in [7, 11) is 0. The van der Waals surface area contributed by atoms with Gasteiger partial charge in [-0.2, -0.15) is 0 Å². The Balaban J connectivity index is 3.04. The van der Waals surface area contributed by atoms with E-state index in [1.54, 1.807) is 11.3 Å². The first-order valence-electron chi connectivity index (χ1n) is 4.12. The molecular formula is C9H16N2S. The van der Waals surface area contributed by atoms with Crippen LogP contribution in [0.25, 0.3) is 0 Å². The van der Waals surface area contributed by atoms with E-state index >= 15 is 0 Å². The fraction of sp³-hybridized carbons (Fsp3) is 0.667. The Hall–Kier alpha value is -0.410. The monoisotopic (exact) mass is 184 g/mol. The smallest absolute Gasteiger partial charge is 0.0999 e. The number of thiazole rings is 1. The van der Waals surface area contributed by atoms with Gasteiger partial charge in [0.2, 0.25) is 0 Å². The Morgan fingerprint density at radius 2 is 2.00 bits per heavy atom. The highest BCUT2D eigenvalue weighted by molar-refractivity contribution is 7.11. The van der Waals surface area contributed by atoms with Gasteiger partial charge in [0.1, 0.15) is 0 Å². The average Bonchev–Trinajstić information content (AvgIpc) is 2.33. The number of aryl methyl sites for hydroxylation is 2. The van der Waals surface area contributed by atoms with Crippen molar-refractivity contribution < 1.29 is 0 Å². The van der Waals surface area contributed by atoms with Crippen molar-refractivity contribution >= 4 is 11.3 Å². The molecule has 3 heteroatoms. The third kappa shape index (κ3) is 1.67. The number of hydrogen-bond acceptors (Lipinski definition) is 3. The van der Waals surface area contributed by atoms with Crippen LogP contribution in [-0.2, 0) is 5.41 Å². The first-order valence-corrected chi connectivity index (χ1v) is 4.93. The number of nitrogens with two attached hydrogens (primary N) is 1. The maximum absolute atomic E-state index is 5.66. The van der Waals surface area contributed by atoms with Gasteiger partial charge in [0.25, 0.3) is 0 Å². The molecule has 0 spiro atoms. The molecule has 1 heterocycles. The predicted octanol–water partition coefficient (Wildman–Crippen LogP) is 2.00. The average molecular weight is 184 g/mol. The maximum atomic E-state index is 5.66. The second kappa shape index (κ2) is 3.15. The summed E-state index contributed by atoms with van der Waals surface area (Å²) in [4.78, 5) is 5.79. The van der Waals surface area contributed by atoms with E-state index in [1.807, 2.05) is 6.92 Å². The van der Waals surface area contributed by atoms with E-state index < -0.39 is 0 Å². The summed E-state index contributed by atoms with van der Waals surface area (Å²) in [5, 5.41) is 1.15. The molecule has 2 N–H and O–H groups in total. The zero-order chi connectivity index (χ0) is 9.35. The summed E-state index contributed by atoms with van der Waals surface area (Å²) in [6.07, 6.45) is 0. The zero-order valence-corrected chi connectivity index (χ0v) is 8.96. The van der Waals surface area contributed by atoms with Gasteiger partial charge in [-0.15, -0.1) is 11.3 Å². The molecule has 68 valence electrons. The number of rotatable bonds is 2. The molecule has 0 aliphatic carbocycles. The van der Waals surface area contributed by atoms with Crippen molar-refractivity contribution in [2.75, 3.05) is 6.54 Å². The van der Waals surface area contributed by atoms with Crippen molar-refractivity contribution in [3.63, 3.8) is 0 Å². The SMILES string of the molecule is Cc1nc(C(C)(C)CN)sc1C. The van der Waals surface area contributed by atoms with Gasteiger partial charge in [-0.25, -0.2) is 4.98 Å². The van der Waals surface area contributed by atoms with Gasteiger partial charge in [0, 0.05) is 16.8 Å². The van der Waals surface area contributed by atoms with Crippen LogP contribution in [0.5, 0.6) is 0 Å². The minimum atomic E-state index is 0.0314. The molecule has 12 heavy (non-hydrogen) atoms. The lowest BCUT2D eigenvalue weighted by Gasteiger charge is -2.18. The van der Waals surface area contributed by atoms with E-state index in [1.165, 1.54) is 4.88 Å². The van der Waals surface area contributed by atoms with Gasteiger partial charge in [0.05, 0.1) is 10.7 Å². The van der Waals surface area contributed by atoms with E-state index in [-0.39, 0.29) is 5.41 Å². The van der Waals surface area contributed by atoms with Crippen molar-refractivity contribution in [1.82, 2.24) is 4.98 Å². The molecule has 1 aromatic rings. The minimum absolute atomic E-state index is 0.0314. The molecule has 0 fully saturated rings. The number of aromatic nitrogens is 1. The molecule has 0 aliphatic rings. The van der Waals surface area contributed by atoms with Gasteiger partial charge in [-0.1, -0.05) is 13.8 Å². The fourth-order valence-electron chi connectivity index (χ4n) is 0.850. The molecule has 0 aromatic carbocycles. The maximum Gasteiger partial charge on any atom is 0.0999 e. The quantitative estimate of drug-likeness (QED) is 0.763. The van der Waals surface area contributed by atoms with Gasteiger partial charge in [-0.3, -0.25) is 0 Å². The highest BCUT2D eigenvalue weighted by Crippen LogP contribution is 2.27. The van der Waals surface area contributed by atoms with Crippen LogP contribution in [0.15, 0.2) is 0 Å². The van der Waals surface area contributed by atoms with Gasteiger partial charge in [0.15, 0.2) is 0 Å². The van der Waals surface area contributed by atoms with Crippen molar-refractivity contribution in [3.05, 3.63) is 15.6 Å². The van der Waals surface area contributed by atoms with Gasteiger partial charge in [-0.05, 0) is 13.8 Å². The summed E-state index contributed by atoms with van der Waals surface area (Å²) in [5.41, 5.74) is 6.83. The second-order valence-corrected chi connectivity index (χ2v) is 4.95. The first kappa shape index (κ1) is 9.68. The van der Waals surface area contributed by atoms with E-state index in [0.29, 0.717) is 6.54 Å². The molecule has 0 radical (unpaired) electrons. The Morgan fingerprint density at radius 1 is 1.42 bits per heavy atom. The summed E-state index contributed by atoms with van der Waals surface area (Å²) in [5.74, 6) is 0. The molecule has 0 saturated heterocycles. The molecule has 0 atom stereocenters. The van der Waals surface area contributed by atoms with Crippen LogP contribution in [0.1, 0.15) is 29.4 Å². The van der Waals surface area contributed by atoms with Crippen LogP contribution < -0.4 is 5.73 Å². The second-order valence-electron chi connectivity index (χ2n) is 3.75. The van der Waals surface area contributed by atoms with Crippen LogP contribution >= 0.6 is 11.3 Å². The summed E-state index contributed by atoms with van der Waals surface area (Å²) >= 11 is 1.75. The van der Waals surface area contributed by atoms with Crippen LogP contribution in [0.3, 0.4) is 0 Å². The molecule has 1 aromatic heterocycles. The highest BCUT2D eigenvalue weighted by Gasteiger charge is 2.22. The number of hydrogen-bond donors (Lipinski definition) is 1. The summed E-state index contributed by atoms with van der Waals surface area (Å²) in [6.45, 7) is 9.06. The Kier molecular flexibility index (Phi) is 2.54. The van der Waals surface area contributed by atoms with Gasteiger partial charge < -0.3 is 5.73 Å². The van der Waals surface area contributed by atoms with Crippen molar-refractivity contribution in [1.29, 1.82) is 0 Å². The topological polar surface area (TPSA) is 38.9 Å². The van der Waals surface area contributed by atoms with Crippen LogP contribution in [0, 0.1) is 13.8 Å². The molecule has 0 unspecified atom stereocenters. The van der Waals surface area contributed by atoms with E-state index in [0.717, 1.165) is 10.7 Å². The lowest BCUT2D eigenvalue weighted by atomic mass is 9.95. The molecule has 0 bridgehead atoms. The van der Waals surface area contributed by atoms with Crippen LogP contribution in [-0.4, -0.2) is 11.5 Å². The van der Waals surface area contributed by atoms with Gasteiger partial charge >= 0.3 is 0 Å². The molecule has 0 aliphatic heterocycles. The molecule has 0 saturated carbocycles. The van der Waals surface area contributed by atoms with E-state index in [9.17, 15) is 0 Å². The lowest BCUT2D eigenvalue weighted by Crippen LogP contribution is -2.27. The van der Waals surface area contributed by atoms with E-state index in [2.05, 4.69) is 25.8 Å². The summed E-state index contributed by atoms with van der Waals surface area (Å²) < 4.78 is 0. The van der Waals surface area contributed by atoms with Crippen LogP contribution in [0.2, 0.25) is 0 Å². The first-order chi connectivity index (χ1) is 5.47. The third-order valence-corrected chi connectivity index (χ3v) is 3.56. The Labute approximate surface area is 77.8 Å². The van der Waals surface area contributed by atoms with E-state index in [4.69, 9.17) is 5.73 Å².